The van der Waals surface area contributed by atoms with Crippen molar-refractivity contribution in [2.45, 2.75) is 38.0 Å². The van der Waals surface area contributed by atoms with E-state index in [2.05, 4.69) is 47.2 Å². The summed E-state index contributed by atoms with van der Waals surface area (Å²) in [6.07, 6.45) is 5.37. The number of hydrogen-bond donors (Lipinski definition) is 0. The molecule has 3 saturated heterocycles. The lowest BCUT2D eigenvalue weighted by atomic mass is 9.68. The number of benzene rings is 1. The van der Waals surface area contributed by atoms with Crippen LogP contribution in [0.15, 0.2) is 30.3 Å². The van der Waals surface area contributed by atoms with E-state index in [0.717, 1.165) is 58.5 Å². The zero-order chi connectivity index (χ0) is 18.0. The molecule has 3 heterocycles. The molecule has 0 radical (unpaired) electrons. The van der Waals surface area contributed by atoms with E-state index in [1.54, 1.807) is 0 Å². The molecule has 1 aromatic rings. The quantitative estimate of drug-likeness (QED) is 0.816. The molecule has 0 aliphatic carbocycles. The van der Waals surface area contributed by atoms with Crippen LogP contribution in [0.1, 0.15) is 43.6 Å². The van der Waals surface area contributed by atoms with Gasteiger partial charge in [0.2, 0.25) is 5.91 Å². The number of piperidine rings is 2. The first-order valence-corrected chi connectivity index (χ1v) is 10.3. The second-order valence-corrected chi connectivity index (χ2v) is 8.72. The maximum absolute atomic E-state index is 12.8. The Kier molecular flexibility index (Phi) is 5.32. The highest BCUT2D eigenvalue weighted by molar-refractivity contribution is 5.79. The van der Waals surface area contributed by atoms with Gasteiger partial charge in [0.25, 0.3) is 0 Å². The van der Waals surface area contributed by atoms with Gasteiger partial charge in [-0.1, -0.05) is 30.3 Å². The van der Waals surface area contributed by atoms with Crippen molar-refractivity contribution in [3.8, 4) is 0 Å². The van der Waals surface area contributed by atoms with Crippen LogP contribution in [0.2, 0.25) is 0 Å². The van der Waals surface area contributed by atoms with Crippen LogP contribution < -0.4 is 0 Å². The van der Waals surface area contributed by atoms with Gasteiger partial charge in [-0.05, 0) is 56.0 Å². The fraction of sp³-hybridized carbons (Fsp3) is 0.682. The Morgan fingerprint density at radius 1 is 1.12 bits per heavy atom. The van der Waals surface area contributed by atoms with E-state index in [9.17, 15) is 4.79 Å². The lowest BCUT2D eigenvalue weighted by Crippen LogP contribution is -2.52. The first-order chi connectivity index (χ1) is 12.7. The molecule has 1 spiro atoms. The van der Waals surface area contributed by atoms with Crippen molar-refractivity contribution in [2.75, 3.05) is 46.4 Å². The molecule has 4 nitrogen and oxygen atoms in total. The lowest BCUT2D eigenvalue weighted by Gasteiger charge is -2.50. The lowest BCUT2D eigenvalue weighted by molar-refractivity contribution is -0.141. The van der Waals surface area contributed by atoms with E-state index in [0.29, 0.717) is 17.2 Å². The molecule has 4 heteroatoms. The monoisotopic (exact) mass is 356 g/mol. The van der Waals surface area contributed by atoms with Crippen LogP contribution in [0, 0.1) is 11.3 Å². The van der Waals surface area contributed by atoms with Gasteiger partial charge in [0.05, 0.1) is 0 Å². The zero-order valence-corrected chi connectivity index (χ0v) is 16.0. The molecule has 3 fully saturated rings. The van der Waals surface area contributed by atoms with Crippen LogP contribution in [-0.4, -0.2) is 62.1 Å². The molecule has 3 aliphatic rings. The summed E-state index contributed by atoms with van der Waals surface area (Å²) in [5, 5.41) is 0. The van der Waals surface area contributed by atoms with E-state index in [1.165, 1.54) is 18.5 Å². The number of likely N-dealkylation sites (tertiary alicyclic amines) is 2. The normalized spacial score (nSPS) is 27.6. The minimum Gasteiger partial charge on any atom is -0.381 e. The Labute approximate surface area is 157 Å². The van der Waals surface area contributed by atoms with Crippen molar-refractivity contribution in [1.29, 1.82) is 0 Å². The summed E-state index contributed by atoms with van der Waals surface area (Å²) in [4.78, 5) is 17.5. The van der Waals surface area contributed by atoms with Gasteiger partial charge in [-0.15, -0.1) is 0 Å². The summed E-state index contributed by atoms with van der Waals surface area (Å²) >= 11 is 0. The predicted octanol–water partition coefficient (Wildman–Crippen LogP) is 3.14. The number of amides is 1. The zero-order valence-electron chi connectivity index (χ0n) is 16.0. The molecule has 3 aliphatic heterocycles. The molecule has 0 aromatic heterocycles. The van der Waals surface area contributed by atoms with Gasteiger partial charge in [0.15, 0.2) is 0 Å². The van der Waals surface area contributed by atoms with Gasteiger partial charge < -0.3 is 14.5 Å². The molecule has 1 amide bonds. The fourth-order valence-corrected chi connectivity index (χ4v) is 5.38. The molecular formula is C22H32N2O2. The Hall–Kier alpha value is -1.39. The fourth-order valence-electron chi connectivity index (χ4n) is 5.38. The maximum atomic E-state index is 12.8. The molecule has 0 unspecified atom stereocenters. The molecule has 0 saturated carbocycles. The van der Waals surface area contributed by atoms with Crippen LogP contribution in [0.25, 0.3) is 0 Å². The molecule has 26 heavy (non-hydrogen) atoms. The number of nitrogens with zero attached hydrogens (tertiary/aromatic N) is 2. The molecule has 0 N–H and O–H groups in total. The van der Waals surface area contributed by atoms with Crippen molar-refractivity contribution >= 4 is 5.91 Å². The van der Waals surface area contributed by atoms with E-state index >= 15 is 0 Å². The summed E-state index contributed by atoms with van der Waals surface area (Å²) < 4.78 is 5.42. The predicted molar refractivity (Wildman–Crippen MR) is 103 cm³/mol. The third-order valence-corrected chi connectivity index (χ3v) is 6.79. The van der Waals surface area contributed by atoms with Gasteiger partial charge in [-0.2, -0.15) is 0 Å². The summed E-state index contributed by atoms with van der Waals surface area (Å²) in [5.41, 5.74) is 1.85. The second-order valence-electron chi connectivity index (χ2n) is 8.72. The van der Waals surface area contributed by atoms with Crippen LogP contribution in [0.3, 0.4) is 0 Å². The topological polar surface area (TPSA) is 32.8 Å². The molecule has 4 rings (SSSR count). The van der Waals surface area contributed by atoms with E-state index in [4.69, 9.17) is 4.74 Å². The van der Waals surface area contributed by atoms with Crippen LogP contribution in [-0.2, 0) is 9.53 Å². The van der Waals surface area contributed by atoms with Crippen molar-refractivity contribution < 1.29 is 9.53 Å². The average Bonchev–Trinajstić information content (AvgIpc) is 2.69. The number of rotatable bonds is 2. The number of carbonyl (C=O) groups is 1. The Morgan fingerprint density at radius 3 is 2.50 bits per heavy atom. The number of ether oxygens (including phenoxy) is 1. The van der Waals surface area contributed by atoms with Crippen molar-refractivity contribution in [2.24, 2.45) is 11.3 Å². The summed E-state index contributed by atoms with van der Waals surface area (Å²) in [6.45, 7) is 5.69. The smallest absolute Gasteiger partial charge is 0.225 e. The van der Waals surface area contributed by atoms with Crippen molar-refractivity contribution in [1.82, 2.24) is 9.80 Å². The average molecular weight is 357 g/mol. The van der Waals surface area contributed by atoms with Gasteiger partial charge in [0.1, 0.15) is 0 Å². The molecular weight excluding hydrogens is 324 g/mol. The largest absolute Gasteiger partial charge is 0.381 e. The van der Waals surface area contributed by atoms with Gasteiger partial charge in [-0.3, -0.25) is 4.79 Å². The summed E-state index contributed by atoms with van der Waals surface area (Å²) in [7, 11) is 2.26. The minimum atomic E-state index is 0.198. The van der Waals surface area contributed by atoms with Gasteiger partial charge in [0, 0.05) is 45.3 Å². The third kappa shape index (κ3) is 3.81. The molecule has 1 aromatic carbocycles. The first kappa shape index (κ1) is 18.0. The van der Waals surface area contributed by atoms with E-state index in [-0.39, 0.29) is 5.92 Å². The van der Waals surface area contributed by atoms with Crippen molar-refractivity contribution in [3.05, 3.63) is 35.9 Å². The number of hydrogen-bond acceptors (Lipinski definition) is 3. The highest BCUT2D eigenvalue weighted by Crippen LogP contribution is 2.44. The molecule has 0 bridgehead atoms. The molecule has 142 valence electrons. The van der Waals surface area contributed by atoms with Crippen LogP contribution >= 0.6 is 0 Å². The third-order valence-electron chi connectivity index (χ3n) is 6.79. The van der Waals surface area contributed by atoms with Gasteiger partial charge in [-0.25, -0.2) is 0 Å². The number of carbonyl (C=O) groups excluding carboxylic acids is 1. The molecule has 1 atom stereocenters. The minimum absolute atomic E-state index is 0.198. The Balaban J connectivity index is 1.39. The number of likely N-dealkylation sites (N-methyl/N-ethyl adjacent to an activating group) is 1. The summed E-state index contributed by atoms with van der Waals surface area (Å²) in [6, 6.07) is 11.0. The van der Waals surface area contributed by atoms with Crippen LogP contribution in [0.5, 0.6) is 0 Å². The van der Waals surface area contributed by atoms with Crippen molar-refractivity contribution in [3.63, 3.8) is 0 Å². The maximum Gasteiger partial charge on any atom is 0.225 e. The standard InChI is InChI=1S/C22H32N2O2/c1-23-16-20(18-5-3-2-4-6-18)15-22(17-23)9-11-24(12-10-22)21(25)19-7-13-26-14-8-19/h2-6,19-20H,7-17H2,1H3/t20-/m0/s1. The second kappa shape index (κ2) is 7.69. The van der Waals surface area contributed by atoms with Gasteiger partial charge >= 0.3 is 0 Å². The Morgan fingerprint density at radius 2 is 1.81 bits per heavy atom. The highest BCUT2D eigenvalue weighted by Gasteiger charge is 2.42. The Bertz CT molecular complexity index is 604. The van der Waals surface area contributed by atoms with Crippen LogP contribution in [0.4, 0.5) is 0 Å². The van der Waals surface area contributed by atoms with E-state index < -0.39 is 0 Å². The summed E-state index contributed by atoms with van der Waals surface area (Å²) in [5.74, 6) is 1.20. The van der Waals surface area contributed by atoms with E-state index in [1.807, 2.05) is 0 Å². The first-order valence-electron chi connectivity index (χ1n) is 10.3. The highest BCUT2D eigenvalue weighted by atomic mass is 16.5. The SMILES string of the molecule is CN1C[C@@H](c2ccccc2)CC2(CCN(C(=O)C3CCOCC3)CC2)C1.